The highest BCUT2D eigenvalue weighted by Gasteiger charge is 1.97. The quantitative estimate of drug-likeness (QED) is 0.791. The minimum absolute atomic E-state index is 0.579. The monoisotopic (exact) mass is 216 g/mol. The number of hydrogen-bond acceptors (Lipinski definition) is 6. The largest absolute Gasteiger partial charge is 0.372 e. The number of hydrogen-bond donors (Lipinski definition) is 2. The predicted molar refractivity (Wildman–Crippen MR) is 60.9 cm³/mol. The van der Waals surface area contributed by atoms with Crippen molar-refractivity contribution in [1.82, 2.24) is 20.2 Å². The summed E-state index contributed by atoms with van der Waals surface area (Å²) in [6.45, 7) is 0.579. The fourth-order valence-electron chi connectivity index (χ4n) is 1.18. The van der Waals surface area contributed by atoms with Gasteiger partial charge in [0.15, 0.2) is 0 Å². The normalized spacial score (nSPS) is 9.81. The summed E-state index contributed by atoms with van der Waals surface area (Å²) in [5, 5.41) is 13.8. The molecule has 0 unspecified atom stereocenters. The summed E-state index contributed by atoms with van der Waals surface area (Å²) in [6, 6.07) is 3.75. The van der Waals surface area contributed by atoms with Crippen molar-refractivity contribution in [3.63, 3.8) is 0 Å². The molecule has 0 saturated carbocycles. The van der Waals surface area contributed by atoms with Gasteiger partial charge in [-0.05, 0) is 12.1 Å². The minimum Gasteiger partial charge on any atom is -0.372 e. The fourth-order valence-corrected chi connectivity index (χ4v) is 1.18. The van der Waals surface area contributed by atoms with Crippen molar-refractivity contribution in [2.75, 3.05) is 17.7 Å². The highest BCUT2D eigenvalue weighted by Crippen LogP contribution is 2.06. The molecule has 0 bridgehead atoms. The fraction of sp³-hybridized carbons (Fsp3) is 0.200. The highest BCUT2D eigenvalue weighted by atomic mass is 15.1. The van der Waals surface area contributed by atoms with Crippen LogP contribution in [-0.4, -0.2) is 27.2 Å². The second kappa shape index (κ2) is 5.01. The highest BCUT2D eigenvalue weighted by molar-refractivity contribution is 5.41. The molecule has 2 aromatic rings. The summed E-state index contributed by atoms with van der Waals surface area (Å²) in [5.41, 5.74) is 0.860. The van der Waals surface area contributed by atoms with Crippen molar-refractivity contribution >= 4 is 11.6 Å². The van der Waals surface area contributed by atoms with Crippen LogP contribution in [0.3, 0.4) is 0 Å². The van der Waals surface area contributed by atoms with Crippen molar-refractivity contribution in [3.8, 4) is 0 Å². The van der Waals surface area contributed by atoms with Gasteiger partial charge in [-0.3, -0.25) is 4.98 Å². The third kappa shape index (κ3) is 2.63. The Bertz CT molecular complexity index is 444. The SMILES string of the molecule is CNc1cncc(NCc2cccnn2)n1. The second-order valence-corrected chi connectivity index (χ2v) is 3.11. The topological polar surface area (TPSA) is 75.6 Å². The molecule has 16 heavy (non-hydrogen) atoms. The van der Waals surface area contributed by atoms with Crippen molar-refractivity contribution < 1.29 is 0 Å². The van der Waals surface area contributed by atoms with Gasteiger partial charge < -0.3 is 10.6 Å². The van der Waals surface area contributed by atoms with Crippen LogP contribution in [0.25, 0.3) is 0 Å². The van der Waals surface area contributed by atoms with Crippen molar-refractivity contribution in [2.24, 2.45) is 0 Å². The third-order valence-corrected chi connectivity index (χ3v) is 1.97. The molecular weight excluding hydrogens is 204 g/mol. The van der Waals surface area contributed by atoms with Crippen LogP contribution in [0.4, 0.5) is 11.6 Å². The Morgan fingerprint density at radius 1 is 1.25 bits per heavy atom. The van der Waals surface area contributed by atoms with Gasteiger partial charge in [-0.2, -0.15) is 10.2 Å². The van der Waals surface area contributed by atoms with Gasteiger partial charge in [0.1, 0.15) is 11.6 Å². The van der Waals surface area contributed by atoms with E-state index in [9.17, 15) is 0 Å². The van der Waals surface area contributed by atoms with Gasteiger partial charge in [0.2, 0.25) is 0 Å². The standard InChI is InChI=1S/C10H12N6/c1-11-9-6-12-7-10(15-9)13-5-8-3-2-4-14-16-8/h2-4,6-7H,5H2,1H3,(H2,11,13,15). The van der Waals surface area contributed by atoms with Crippen LogP contribution in [0.5, 0.6) is 0 Å². The number of nitrogens with one attached hydrogen (secondary N) is 2. The summed E-state index contributed by atoms with van der Waals surface area (Å²) < 4.78 is 0. The Balaban J connectivity index is 1.99. The molecule has 0 aliphatic heterocycles. The Hall–Kier alpha value is -2.24. The van der Waals surface area contributed by atoms with Crippen LogP contribution >= 0.6 is 0 Å². The lowest BCUT2D eigenvalue weighted by Gasteiger charge is -2.05. The number of nitrogens with zero attached hydrogens (tertiary/aromatic N) is 4. The van der Waals surface area contributed by atoms with Crippen molar-refractivity contribution in [1.29, 1.82) is 0 Å². The molecule has 6 nitrogen and oxygen atoms in total. The van der Waals surface area contributed by atoms with Crippen LogP contribution in [0.1, 0.15) is 5.69 Å². The van der Waals surface area contributed by atoms with Gasteiger partial charge in [-0.1, -0.05) is 0 Å². The van der Waals surface area contributed by atoms with E-state index in [1.807, 2.05) is 12.1 Å². The average molecular weight is 216 g/mol. The summed E-state index contributed by atoms with van der Waals surface area (Å²) in [4.78, 5) is 8.32. The lowest BCUT2D eigenvalue weighted by Crippen LogP contribution is -2.05. The molecule has 0 atom stereocenters. The van der Waals surface area contributed by atoms with Gasteiger partial charge in [0, 0.05) is 13.2 Å². The maximum atomic E-state index is 4.27. The Morgan fingerprint density at radius 3 is 2.88 bits per heavy atom. The molecule has 0 saturated heterocycles. The first-order chi connectivity index (χ1) is 7.88. The molecule has 0 fully saturated rings. The maximum absolute atomic E-state index is 4.27. The van der Waals surface area contributed by atoms with Gasteiger partial charge in [0.05, 0.1) is 24.6 Å². The molecule has 0 amide bonds. The van der Waals surface area contributed by atoms with Crippen LogP contribution in [0.15, 0.2) is 30.7 Å². The van der Waals surface area contributed by atoms with Crippen molar-refractivity contribution in [3.05, 3.63) is 36.4 Å². The number of anilines is 2. The first-order valence-electron chi connectivity index (χ1n) is 4.89. The summed E-state index contributed by atoms with van der Waals surface area (Å²) >= 11 is 0. The molecule has 2 aromatic heterocycles. The molecule has 82 valence electrons. The molecule has 0 radical (unpaired) electrons. The molecule has 6 heteroatoms. The second-order valence-electron chi connectivity index (χ2n) is 3.11. The Kier molecular flexibility index (Phi) is 3.22. The average Bonchev–Trinajstić information content (AvgIpc) is 2.38. The van der Waals surface area contributed by atoms with E-state index >= 15 is 0 Å². The van der Waals surface area contributed by atoms with Gasteiger partial charge in [-0.25, -0.2) is 4.98 Å². The van der Waals surface area contributed by atoms with E-state index in [1.165, 1.54) is 0 Å². The lowest BCUT2D eigenvalue weighted by atomic mass is 10.4. The first kappa shape index (κ1) is 10.3. The number of aromatic nitrogens is 4. The van der Waals surface area contributed by atoms with Crippen LogP contribution < -0.4 is 10.6 Å². The molecule has 2 N–H and O–H groups in total. The van der Waals surface area contributed by atoms with Gasteiger partial charge in [0.25, 0.3) is 0 Å². The zero-order valence-corrected chi connectivity index (χ0v) is 8.88. The number of rotatable bonds is 4. The summed E-state index contributed by atoms with van der Waals surface area (Å²) in [5.74, 6) is 1.43. The minimum atomic E-state index is 0.579. The maximum Gasteiger partial charge on any atom is 0.147 e. The molecule has 0 spiro atoms. The Morgan fingerprint density at radius 2 is 2.12 bits per heavy atom. The van der Waals surface area contributed by atoms with Crippen LogP contribution in [-0.2, 0) is 6.54 Å². The van der Waals surface area contributed by atoms with E-state index in [4.69, 9.17) is 0 Å². The zero-order valence-electron chi connectivity index (χ0n) is 8.88. The molecular formula is C10H12N6. The first-order valence-corrected chi connectivity index (χ1v) is 4.89. The molecule has 0 aliphatic carbocycles. The Labute approximate surface area is 93.2 Å². The van der Waals surface area contributed by atoms with E-state index in [2.05, 4.69) is 30.8 Å². The van der Waals surface area contributed by atoms with Crippen LogP contribution in [0.2, 0.25) is 0 Å². The molecule has 2 heterocycles. The van der Waals surface area contributed by atoms with E-state index in [0.717, 1.165) is 11.5 Å². The smallest absolute Gasteiger partial charge is 0.147 e. The van der Waals surface area contributed by atoms with Gasteiger partial charge in [-0.15, -0.1) is 0 Å². The van der Waals surface area contributed by atoms with Gasteiger partial charge >= 0.3 is 0 Å². The van der Waals surface area contributed by atoms with E-state index in [1.54, 1.807) is 25.6 Å². The summed E-state index contributed by atoms with van der Waals surface area (Å²) in [7, 11) is 1.80. The third-order valence-electron chi connectivity index (χ3n) is 1.97. The zero-order chi connectivity index (χ0) is 11.2. The lowest BCUT2D eigenvalue weighted by molar-refractivity contribution is 0.919. The van der Waals surface area contributed by atoms with E-state index in [0.29, 0.717) is 12.4 Å². The summed E-state index contributed by atoms with van der Waals surface area (Å²) in [6.07, 6.45) is 4.97. The molecule has 0 aromatic carbocycles. The molecule has 2 rings (SSSR count). The predicted octanol–water partition coefficient (Wildman–Crippen LogP) is 0.920. The van der Waals surface area contributed by atoms with E-state index < -0.39 is 0 Å². The van der Waals surface area contributed by atoms with Crippen molar-refractivity contribution in [2.45, 2.75) is 6.54 Å². The van der Waals surface area contributed by atoms with E-state index in [-0.39, 0.29) is 0 Å². The van der Waals surface area contributed by atoms with Crippen LogP contribution in [0, 0.1) is 0 Å². The molecule has 0 aliphatic rings.